The molecule has 1 aliphatic carbocycles. The van der Waals surface area contributed by atoms with Crippen molar-refractivity contribution in [1.29, 1.82) is 0 Å². The average molecular weight is 321 g/mol. The lowest BCUT2D eigenvalue weighted by molar-refractivity contribution is -0.132. The van der Waals surface area contributed by atoms with Crippen LogP contribution in [0.1, 0.15) is 84.0 Å². The van der Waals surface area contributed by atoms with Crippen LogP contribution in [0.15, 0.2) is 0 Å². The Morgan fingerprint density at radius 3 is 2.65 bits per heavy atom. The maximum atomic E-state index is 12.6. The third-order valence-electron chi connectivity index (χ3n) is 6.68. The molecule has 3 rings (SSSR count). The van der Waals surface area contributed by atoms with Gasteiger partial charge in [-0.25, -0.2) is 0 Å². The molecule has 0 aromatic heterocycles. The van der Waals surface area contributed by atoms with Crippen molar-refractivity contribution >= 4 is 5.91 Å². The number of hydrogen-bond donors (Lipinski definition) is 0. The molecular formula is C20H36N2O. The van der Waals surface area contributed by atoms with E-state index < -0.39 is 0 Å². The number of carbonyl (C=O) groups excluding carboxylic acids is 1. The lowest BCUT2D eigenvalue weighted by Gasteiger charge is -2.41. The molecular weight excluding hydrogens is 284 g/mol. The second kappa shape index (κ2) is 8.00. The maximum absolute atomic E-state index is 12.6. The summed E-state index contributed by atoms with van der Waals surface area (Å²) < 4.78 is 0. The standard InChI is InChI=1S/C20H36N2O/c1-2-3-14-21-15-7-11-20(13-16-21)12-10-19(23)22(20)17-18-8-5-4-6-9-18/h18H,2-17H2,1H3/t20-/m0/s1. The van der Waals surface area contributed by atoms with Crippen molar-refractivity contribution in [1.82, 2.24) is 9.80 Å². The van der Waals surface area contributed by atoms with Gasteiger partial charge in [0.1, 0.15) is 0 Å². The summed E-state index contributed by atoms with van der Waals surface area (Å²) in [6.45, 7) is 7.04. The SMILES string of the molecule is CCCCN1CCC[C@]2(CCC(=O)N2CC2CCCCC2)CC1. The van der Waals surface area contributed by atoms with Gasteiger partial charge >= 0.3 is 0 Å². The first-order valence-corrected chi connectivity index (χ1v) is 10.3. The van der Waals surface area contributed by atoms with Crippen molar-refractivity contribution in [3.05, 3.63) is 0 Å². The molecule has 23 heavy (non-hydrogen) atoms. The summed E-state index contributed by atoms with van der Waals surface area (Å²) in [6.07, 6.45) is 15.1. The number of carbonyl (C=O) groups is 1. The quantitative estimate of drug-likeness (QED) is 0.757. The number of hydrogen-bond acceptors (Lipinski definition) is 2. The molecule has 0 radical (unpaired) electrons. The number of rotatable bonds is 5. The topological polar surface area (TPSA) is 23.6 Å². The Balaban J connectivity index is 1.62. The van der Waals surface area contributed by atoms with Crippen molar-refractivity contribution in [2.45, 2.75) is 89.5 Å². The van der Waals surface area contributed by atoms with Crippen LogP contribution < -0.4 is 0 Å². The summed E-state index contributed by atoms with van der Waals surface area (Å²) in [6, 6.07) is 0. The van der Waals surface area contributed by atoms with Crippen molar-refractivity contribution < 1.29 is 4.79 Å². The number of unbranched alkanes of at least 4 members (excludes halogenated alkanes) is 1. The van der Waals surface area contributed by atoms with Gasteiger partial charge in [0.25, 0.3) is 0 Å². The molecule has 1 spiro atoms. The number of amides is 1. The normalized spacial score (nSPS) is 31.0. The van der Waals surface area contributed by atoms with E-state index in [2.05, 4.69) is 16.7 Å². The number of likely N-dealkylation sites (tertiary alicyclic amines) is 2. The first kappa shape index (κ1) is 17.3. The van der Waals surface area contributed by atoms with Gasteiger partial charge in [-0.05, 0) is 64.0 Å². The van der Waals surface area contributed by atoms with Gasteiger partial charge in [0.15, 0.2) is 0 Å². The van der Waals surface area contributed by atoms with Gasteiger partial charge in [-0.1, -0.05) is 32.6 Å². The molecule has 1 saturated carbocycles. The van der Waals surface area contributed by atoms with Crippen LogP contribution in [0.2, 0.25) is 0 Å². The molecule has 3 aliphatic rings. The Morgan fingerprint density at radius 1 is 1.04 bits per heavy atom. The molecule has 2 saturated heterocycles. The highest BCUT2D eigenvalue weighted by Gasteiger charge is 2.46. The second-order valence-corrected chi connectivity index (χ2v) is 8.28. The lowest BCUT2D eigenvalue weighted by Crippen LogP contribution is -2.48. The number of nitrogens with zero attached hydrogens (tertiary/aromatic N) is 2. The van der Waals surface area contributed by atoms with E-state index in [1.165, 1.54) is 83.8 Å². The predicted octanol–water partition coefficient (Wildman–Crippen LogP) is 4.21. The molecule has 0 N–H and O–H groups in total. The van der Waals surface area contributed by atoms with Crippen molar-refractivity contribution in [3.8, 4) is 0 Å². The lowest BCUT2D eigenvalue weighted by atomic mass is 9.84. The minimum atomic E-state index is 0.218. The van der Waals surface area contributed by atoms with E-state index in [0.717, 1.165) is 25.3 Å². The van der Waals surface area contributed by atoms with Crippen LogP contribution >= 0.6 is 0 Å². The highest BCUT2D eigenvalue weighted by Crippen LogP contribution is 2.40. The van der Waals surface area contributed by atoms with E-state index in [-0.39, 0.29) is 5.54 Å². The summed E-state index contributed by atoms with van der Waals surface area (Å²) in [5, 5.41) is 0. The van der Waals surface area contributed by atoms with E-state index >= 15 is 0 Å². The van der Waals surface area contributed by atoms with Gasteiger partial charge < -0.3 is 9.80 Å². The Bertz CT molecular complexity index is 391. The fourth-order valence-electron chi connectivity index (χ4n) is 5.16. The minimum absolute atomic E-state index is 0.218. The summed E-state index contributed by atoms with van der Waals surface area (Å²) in [5.74, 6) is 1.24. The van der Waals surface area contributed by atoms with E-state index in [1.54, 1.807) is 0 Å². The molecule has 2 heterocycles. The van der Waals surface area contributed by atoms with Crippen LogP contribution in [0.3, 0.4) is 0 Å². The molecule has 3 fully saturated rings. The van der Waals surface area contributed by atoms with E-state index in [0.29, 0.717) is 5.91 Å². The minimum Gasteiger partial charge on any atom is -0.337 e. The van der Waals surface area contributed by atoms with Crippen molar-refractivity contribution in [2.75, 3.05) is 26.2 Å². The molecule has 0 aromatic rings. The zero-order valence-electron chi connectivity index (χ0n) is 15.2. The van der Waals surface area contributed by atoms with Gasteiger partial charge in [-0.3, -0.25) is 4.79 Å². The molecule has 3 nitrogen and oxygen atoms in total. The van der Waals surface area contributed by atoms with Gasteiger partial charge in [0.2, 0.25) is 5.91 Å². The molecule has 132 valence electrons. The molecule has 0 unspecified atom stereocenters. The third kappa shape index (κ3) is 4.10. The van der Waals surface area contributed by atoms with Gasteiger partial charge in [-0.15, -0.1) is 0 Å². The summed E-state index contributed by atoms with van der Waals surface area (Å²) in [4.78, 5) is 17.6. The maximum Gasteiger partial charge on any atom is 0.223 e. The first-order valence-electron chi connectivity index (χ1n) is 10.3. The monoisotopic (exact) mass is 320 g/mol. The van der Waals surface area contributed by atoms with Crippen molar-refractivity contribution in [2.24, 2.45) is 5.92 Å². The molecule has 1 atom stereocenters. The molecule has 0 aromatic carbocycles. The molecule has 0 bridgehead atoms. The van der Waals surface area contributed by atoms with Gasteiger partial charge in [-0.2, -0.15) is 0 Å². The summed E-state index contributed by atoms with van der Waals surface area (Å²) in [5.41, 5.74) is 0.218. The Hall–Kier alpha value is -0.570. The Morgan fingerprint density at radius 2 is 1.87 bits per heavy atom. The van der Waals surface area contributed by atoms with Gasteiger partial charge in [0.05, 0.1) is 0 Å². The largest absolute Gasteiger partial charge is 0.337 e. The summed E-state index contributed by atoms with van der Waals surface area (Å²) in [7, 11) is 0. The van der Waals surface area contributed by atoms with Crippen LogP contribution in [-0.4, -0.2) is 47.4 Å². The summed E-state index contributed by atoms with van der Waals surface area (Å²) >= 11 is 0. The fourth-order valence-corrected chi connectivity index (χ4v) is 5.16. The van der Waals surface area contributed by atoms with Crippen molar-refractivity contribution in [3.63, 3.8) is 0 Å². The van der Waals surface area contributed by atoms with E-state index in [1.807, 2.05) is 0 Å². The van der Waals surface area contributed by atoms with Crippen LogP contribution in [0.5, 0.6) is 0 Å². The third-order valence-corrected chi connectivity index (χ3v) is 6.68. The van der Waals surface area contributed by atoms with Crippen LogP contribution in [-0.2, 0) is 4.79 Å². The zero-order valence-corrected chi connectivity index (χ0v) is 15.2. The van der Waals surface area contributed by atoms with E-state index in [9.17, 15) is 4.79 Å². The highest BCUT2D eigenvalue weighted by molar-refractivity contribution is 5.79. The van der Waals surface area contributed by atoms with Gasteiger partial charge in [0, 0.05) is 25.0 Å². The highest BCUT2D eigenvalue weighted by atomic mass is 16.2. The Labute approximate surface area is 142 Å². The Kier molecular flexibility index (Phi) is 6.01. The van der Waals surface area contributed by atoms with Crippen LogP contribution in [0.4, 0.5) is 0 Å². The van der Waals surface area contributed by atoms with Crippen LogP contribution in [0, 0.1) is 5.92 Å². The average Bonchev–Trinajstić information content (AvgIpc) is 2.75. The first-order chi connectivity index (χ1) is 11.2. The smallest absolute Gasteiger partial charge is 0.223 e. The molecule has 3 heteroatoms. The second-order valence-electron chi connectivity index (χ2n) is 8.28. The molecule has 2 aliphatic heterocycles. The molecule has 1 amide bonds. The van der Waals surface area contributed by atoms with E-state index in [4.69, 9.17) is 0 Å². The van der Waals surface area contributed by atoms with Crippen LogP contribution in [0.25, 0.3) is 0 Å². The zero-order chi connectivity index (χ0) is 16.1. The predicted molar refractivity (Wildman–Crippen MR) is 95.5 cm³/mol. The fraction of sp³-hybridized carbons (Fsp3) is 0.950.